The number of rotatable bonds is 3. The SMILES string of the molecule is CC1(C)c2cc(-n3c4ccccc4c4ccccc43)ccc2-n2c(-c3ccc(-c4ncncn4)cc3)nc3cccc1c32. The van der Waals surface area contributed by atoms with Crippen molar-refractivity contribution in [1.29, 1.82) is 0 Å². The van der Waals surface area contributed by atoms with Gasteiger partial charge in [0.05, 0.1) is 27.8 Å². The van der Waals surface area contributed by atoms with Crippen LogP contribution >= 0.6 is 0 Å². The molecule has 43 heavy (non-hydrogen) atoms. The molecule has 0 atom stereocenters. The van der Waals surface area contributed by atoms with Gasteiger partial charge in [-0.25, -0.2) is 19.9 Å². The lowest BCUT2D eigenvalue weighted by molar-refractivity contribution is 0.628. The fourth-order valence-corrected chi connectivity index (χ4v) is 6.92. The van der Waals surface area contributed by atoms with Gasteiger partial charge in [0.15, 0.2) is 5.82 Å². The van der Waals surface area contributed by atoms with Crippen molar-refractivity contribution in [2.45, 2.75) is 19.3 Å². The highest BCUT2D eigenvalue weighted by Crippen LogP contribution is 2.47. The van der Waals surface area contributed by atoms with Gasteiger partial charge < -0.3 is 4.57 Å². The van der Waals surface area contributed by atoms with E-state index >= 15 is 0 Å². The van der Waals surface area contributed by atoms with Gasteiger partial charge in [-0.3, -0.25) is 4.57 Å². The average Bonchev–Trinajstić information content (AvgIpc) is 3.61. The van der Waals surface area contributed by atoms with Gasteiger partial charge in [0, 0.05) is 33.0 Å². The van der Waals surface area contributed by atoms with Gasteiger partial charge in [0.2, 0.25) is 0 Å². The Morgan fingerprint density at radius 3 is 2.00 bits per heavy atom. The summed E-state index contributed by atoms with van der Waals surface area (Å²) in [5.74, 6) is 1.58. The first kappa shape index (κ1) is 24.0. The van der Waals surface area contributed by atoms with Gasteiger partial charge in [0.1, 0.15) is 18.5 Å². The van der Waals surface area contributed by atoms with E-state index in [4.69, 9.17) is 4.98 Å². The fraction of sp³-hybridized carbons (Fsp3) is 0.0811. The van der Waals surface area contributed by atoms with Gasteiger partial charge in [0.25, 0.3) is 0 Å². The van der Waals surface area contributed by atoms with E-state index in [1.165, 1.54) is 51.1 Å². The number of benzene rings is 5. The quantitative estimate of drug-likeness (QED) is 0.220. The number of hydrogen-bond donors (Lipinski definition) is 0. The molecule has 204 valence electrons. The molecule has 0 aliphatic carbocycles. The van der Waals surface area contributed by atoms with Crippen LogP contribution in [0.4, 0.5) is 0 Å². The highest BCUT2D eigenvalue weighted by atomic mass is 15.1. The molecule has 9 rings (SSSR count). The largest absolute Gasteiger partial charge is 0.309 e. The van der Waals surface area contributed by atoms with Crippen LogP contribution < -0.4 is 0 Å². The van der Waals surface area contributed by atoms with Gasteiger partial charge in [-0.15, -0.1) is 0 Å². The van der Waals surface area contributed by atoms with E-state index in [-0.39, 0.29) is 5.41 Å². The van der Waals surface area contributed by atoms with E-state index < -0.39 is 0 Å². The predicted octanol–water partition coefficient (Wildman–Crippen LogP) is 8.28. The van der Waals surface area contributed by atoms with Crippen molar-refractivity contribution in [3.05, 3.63) is 133 Å². The number of hydrogen-bond acceptors (Lipinski definition) is 4. The molecule has 8 aromatic rings. The monoisotopic (exact) mass is 554 g/mol. The Morgan fingerprint density at radius 1 is 0.605 bits per heavy atom. The molecule has 0 bridgehead atoms. The van der Waals surface area contributed by atoms with Gasteiger partial charge in [-0.05, 0) is 47.5 Å². The summed E-state index contributed by atoms with van der Waals surface area (Å²) in [4.78, 5) is 17.8. The Bertz CT molecular complexity index is 2310. The first-order valence-corrected chi connectivity index (χ1v) is 14.5. The van der Waals surface area contributed by atoms with E-state index in [0.29, 0.717) is 5.82 Å². The lowest BCUT2D eigenvalue weighted by atomic mass is 9.74. The first-order chi connectivity index (χ1) is 21.1. The molecule has 0 saturated carbocycles. The van der Waals surface area contributed by atoms with Crippen molar-refractivity contribution >= 4 is 32.8 Å². The molecular formula is C37H26N6. The maximum absolute atomic E-state index is 5.19. The topological polar surface area (TPSA) is 61.4 Å². The van der Waals surface area contributed by atoms with E-state index in [2.05, 4.69) is 147 Å². The fourth-order valence-electron chi connectivity index (χ4n) is 6.92. The maximum atomic E-state index is 5.19. The standard InChI is InChI=1S/C37H26N6/c1-37(2)28-10-7-11-30-34(28)43(36(41-30)24-16-14-23(15-17-24)35-39-21-38-22-40-35)33-19-18-25(20-29(33)37)42-31-12-5-3-8-26(31)27-9-4-6-13-32(27)42/h3-22H,1-2H3. The molecule has 0 unspecified atom stereocenters. The number of fused-ring (bicyclic) bond motifs is 5. The van der Waals surface area contributed by atoms with Crippen LogP contribution in [0.3, 0.4) is 0 Å². The minimum atomic E-state index is -0.223. The molecule has 0 amide bonds. The van der Waals surface area contributed by atoms with Crippen LogP contribution in [0.1, 0.15) is 25.0 Å². The van der Waals surface area contributed by atoms with E-state index in [0.717, 1.165) is 33.8 Å². The van der Waals surface area contributed by atoms with Crippen LogP contribution in [0.5, 0.6) is 0 Å². The highest BCUT2D eigenvalue weighted by molar-refractivity contribution is 6.09. The average molecular weight is 555 g/mol. The molecule has 0 saturated heterocycles. The summed E-state index contributed by atoms with van der Waals surface area (Å²) < 4.78 is 4.74. The highest BCUT2D eigenvalue weighted by Gasteiger charge is 2.36. The number of aromatic nitrogens is 6. The lowest BCUT2D eigenvalue weighted by Gasteiger charge is -2.35. The number of para-hydroxylation sites is 3. The number of nitrogens with zero attached hydrogens (tertiary/aromatic N) is 6. The zero-order valence-corrected chi connectivity index (χ0v) is 23.7. The minimum absolute atomic E-state index is 0.223. The zero-order chi connectivity index (χ0) is 28.7. The smallest absolute Gasteiger partial charge is 0.162 e. The van der Waals surface area contributed by atoms with Crippen molar-refractivity contribution in [2.75, 3.05) is 0 Å². The third kappa shape index (κ3) is 3.35. The second-order valence-electron chi connectivity index (χ2n) is 11.7. The van der Waals surface area contributed by atoms with Crippen LogP contribution in [-0.4, -0.2) is 29.1 Å². The molecule has 0 spiro atoms. The molecule has 6 nitrogen and oxygen atoms in total. The molecule has 0 N–H and O–H groups in total. The van der Waals surface area contributed by atoms with Crippen LogP contribution in [0.25, 0.3) is 67.0 Å². The van der Waals surface area contributed by atoms with Gasteiger partial charge in [-0.2, -0.15) is 0 Å². The zero-order valence-electron chi connectivity index (χ0n) is 23.7. The van der Waals surface area contributed by atoms with Crippen molar-refractivity contribution < 1.29 is 0 Å². The summed E-state index contributed by atoms with van der Waals surface area (Å²) in [5.41, 5.74) is 11.2. The first-order valence-electron chi connectivity index (χ1n) is 14.5. The second kappa shape index (κ2) is 8.69. The molecular weight excluding hydrogens is 528 g/mol. The van der Waals surface area contributed by atoms with Crippen LogP contribution in [0.2, 0.25) is 0 Å². The third-order valence-corrected chi connectivity index (χ3v) is 8.98. The van der Waals surface area contributed by atoms with Crippen molar-refractivity contribution in [3.8, 4) is 34.2 Å². The van der Waals surface area contributed by atoms with Crippen LogP contribution in [0, 0.1) is 0 Å². The number of imidazole rings is 1. The summed E-state index contributed by atoms with van der Waals surface area (Å²) in [6.45, 7) is 4.66. The predicted molar refractivity (Wildman–Crippen MR) is 172 cm³/mol. The summed E-state index contributed by atoms with van der Waals surface area (Å²) >= 11 is 0. The molecule has 1 aliphatic heterocycles. The van der Waals surface area contributed by atoms with Gasteiger partial charge >= 0.3 is 0 Å². The summed E-state index contributed by atoms with van der Waals surface area (Å²) in [5, 5.41) is 2.53. The van der Waals surface area contributed by atoms with Crippen molar-refractivity contribution in [2.24, 2.45) is 0 Å². The molecule has 4 heterocycles. The van der Waals surface area contributed by atoms with E-state index in [9.17, 15) is 0 Å². The Labute approximate surface area is 248 Å². The van der Waals surface area contributed by atoms with E-state index in [1.54, 1.807) is 0 Å². The molecule has 5 aromatic carbocycles. The summed E-state index contributed by atoms with van der Waals surface area (Å²) in [6.07, 6.45) is 3.05. The Morgan fingerprint density at radius 2 is 1.28 bits per heavy atom. The molecule has 3 aromatic heterocycles. The normalized spacial score (nSPS) is 13.5. The van der Waals surface area contributed by atoms with Crippen molar-refractivity contribution in [3.63, 3.8) is 0 Å². The third-order valence-electron chi connectivity index (χ3n) is 8.98. The Hall–Kier alpha value is -5.62. The molecule has 0 radical (unpaired) electrons. The lowest BCUT2D eigenvalue weighted by Crippen LogP contribution is -2.26. The van der Waals surface area contributed by atoms with Gasteiger partial charge in [-0.1, -0.05) is 86.6 Å². The Balaban J connectivity index is 1.28. The second-order valence-corrected chi connectivity index (χ2v) is 11.7. The summed E-state index contributed by atoms with van der Waals surface area (Å²) in [7, 11) is 0. The Kier molecular flexibility index (Phi) is 4.86. The molecule has 1 aliphatic rings. The summed E-state index contributed by atoms with van der Waals surface area (Å²) in [6, 6.07) is 39.1. The van der Waals surface area contributed by atoms with Crippen LogP contribution in [-0.2, 0) is 5.41 Å². The van der Waals surface area contributed by atoms with Crippen molar-refractivity contribution in [1.82, 2.24) is 29.1 Å². The van der Waals surface area contributed by atoms with E-state index in [1.807, 2.05) is 0 Å². The molecule has 6 heteroatoms. The molecule has 0 fully saturated rings. The van der Waals surface area contributed by atoms with Crippen LogP contribution in [0.15, 0.2) is 122 Å². The minimum Gasteiger partial charge on any atom is -0.309 e. The maximum Gasteiger partial charge on any atom is 0.162 e.